The van der Waals surface area contributed by atoms with E-state index >= 15 is 0 Å². The van der Waals surface area contributed by atoms with Gasteiger partial charge in [0.05, 0.1) is 10.0 Å². The van der Waals surface area contributed by atoms with Gasteiger partial charge in [0.15, 0.2) is 5.78 Å². The minimum atomic E-state index is 0.0561. The molecule has 122 valence electrons. The van der Waals surface area contributed by atoms with E-state index in [1.807, 2.05) is 26.2 Å². The van der Waals surface area contributed by atoms with Crippen molar-refractivity contribution in [3.05, 3.63) is 39.9 Å². The summed E-state index contributed by atoms with van der Waals surface area (Å²) >= 11 is 11.9. The third kappa shape index (κ3) is 6.95. The van der Waals surface area contributed by atoms with Crippen LogP contribution in [0.2, 0.25) is 10.0 Å². The van der Waals surface area contributed by atoms with Crippen molar-refractivity contribution in [1.29, 1.82) is 0 Å². The summed E-state index contributed by atoms with van der Waals surface area (Å²) in [4.78, 5) is 14.5. The second kappa shape index (κ2) is 10.0. The van der Waals surface area contributed by atoms with E-state index < -0.39 is 0 Å². The van der Waals surface area contributed by atoms with Gasteiger partial charge in [0.25, 0.3) is 0 Å². The molecule has 0 unspecified atom stereocenters. The number of carbonyl (C=O) groups is 1. The molecule has 0 aliphatic heterocycles. The van der Waals surface area contributed by atoms with Crippen LogP contribution in [0.25, 0.3) is 6.08 Å². The number of benzene rings is 1. The quantitative estimate of drug-likeness (QED) is 0.446. The first-order chi connectivity index (χ1) is 10.4. The van der Waals surface area contributed by atoms with Crippen LogP contribution in [-0.4, -0.2) is 31.3 Å². The van der Waals surface area contributed by atoms with Crippen molar-refractivity contribution in [3.8, 4) is 0 Å². The Morgan fingerprint density at radius 3 is 2.55 bits per heavy atom. The normalized spacial score (nSPS) is 13.0. The van der Waals surface area contributed by atoms with Gasteiger partial charge in [-0.3, -0.25) is 4.79 Å². The van der Waals surface area contributed by atoms with E-state index in [1.165, 1.54) is 12.8 Å². The van der Waals surface area contributed by atoms with Crippen LogP contribution in [0.3, 0.4) is 0 Å². The smallest absolute Gasteiger partial charge is 0.160 e. The van der Waals surface area contributed by atoms with Gasteiger partial charge in [0.2, 0.25) is 0 Å². The fraction of sp³-hybridized carbons (Fsp3) is 0.500. The Bertz CT molecular complexity index is 512. The number of halogens is 2. The van der Waals surface area contributed by atoms with Crippen molar-refractivity contribution in [3.63, 3.8) is 0 Å². The van der Waals surface area contributed by atoms with E-state index in [1.54, 1.807) is 18.2 Å². The van der Waals surface area contributed by atoms with Crippen molar-refractivity contribution >= 4 is 35.1 Å². The zero-order chi connectivity index (χ0) is 16.5. The average Bonchev–Trinajstić information content (AvgIpc) is 2.47. The summed E-state index contributed by atoms with van der Waals surface area (Å²) in [7, 11) is 4.01. The molecular weight excluding hydrogens is 317 g/mol. The molecule has 0 fully saturated rings. The molecule has 0 heterocycles. The Morgan fingerprint density at radius 2 is 1.95 bits per heavy atom. The van der Waals surface area contributed by atoms with E-state index in [-0.39, 0.29) is 11.7 Å². The van der Waals surface area contributed by atoms with Crippen LogP contribution in [-0.2, 0) is 4.79 Å². The summed E-state index contributed by atoms with van der Waals surface area (Å²) in [6.07, 6.45) is 7.86. The third-order valence-electron chi connectivity index (χ3n) is 3.53. The number of ketones is 1. The van der Waals surface area contributed by atoms with Crippen LogP contribution in [0.1, 0.15) is 38.2 Å². The Morgan fingerprint density at radius 1 is 1.23 bits per heavy atom. The maximum atomic E-state index is 12.4. The summed E-state index contributed by atoms with van der Waals surface area (Å²) in [5.74, 6) is 0.233. The highest BCUT2D eigenvalue weighted by Crippen LogP contribution is 2.23. The molecular formula is C18H25Cl2NO. The Balaban J connectivity index is 2.71. The fourth-order valence-corrected chi connectivity index (χ4v) is 2.64. The van der Waals surface area contributed by atoms with Crippen molar-refractivity contribution in [2.24, 2.45) is 5.92 Å². The highest BCUT2D eigenvalue weighted by Gasteiger charge is 2.16. The number of nitrogens with zero attached hydrogens (tertiary/aromatic N) is 1. The number of carbonyl (C=O) groups excluding carboxylic acids is 1. The molecule has 0 radical (unpaired) electrons. The Kier molecular flexibility index (Phi) is 8.77. The fourth-order valence-electron chi connectivity index (χ4n) is 2.34. The number of allylic oxidation sites excluding steroid dienone is 1. The van der Waals surface area contributed by atoms with Gasteiger partial charge in [0, 0.05) is 12.5 Å². The van der Waals surface area contributed by atoms with Crippen LogP contribution in [0.5, 0.6) is 0 Å². The van der Waals surface area contributed by atoms with E-state index in [4.69, 9.17) is 23.2 Å². The molecule has 0 amide bonds. The largest absolute Gasteiger partial charge is 0.309 e. The lowest BCUT2D eigenvalue weighted by molar-refractivity contribution is -0.118. The Hall–Kier alpha value is -0.830. The summed E-state index contributed by atoms with van der Waals surface area (Å²) < 4.78 is 0. The van der Waals surface area contributed by atoms with Gasteiger partial charge in [-0.25, -0.2) is 0 Å². The van der Waals surface area contributed by atoms with Gasteiger partial charge < -0.3 is 4.90 Å². The van der Waals surface area contributed by atoms with Crippen LogP contribution in [0.4, 0.5) is 0 Å². The summed E-state index contributed by atoms with van der Waals surface area (Å²) in [6, 6.07) is 5.37. The molecule has 1 aromatic rings. The molecule has 0 spiro atoms. The lowest BCUT2D eigenvalue weighted by atomic mass is 9.95. The first-order valence-corrected chi connectivity index (χ1v) is 8.51. The first kappa shape index (κ1) is 19.2. The number of hydrogen-bond acceptors (Lipinski definition) is 2. The second-order valence-corrected chi connectivity index (χ2v) is 6.68. The van der Waals surface area contributed by atoms with Crippen LogP contribution in [0.15, 0.2) is 24.3 Å². The lowest BCUT2D eigenvalue weighted by Gasteiger charge is -2.18. The molecule has 0 bridgehead atoms. The van der Waals surface area contributed by atoms with Gasteiger partial charge in [-0.2, -0.15) is 0 Å². The number of hydrogen-bond donors (Lipinski definition) is 0. The Labute approximate surface area is 144 Å². The molecule has 0 aliphatic rings. The molecule has 0 aliphatic carbocycles. The highest BCUT2D eigenvalue weighted by molar-refractivity contribution is 6.42. The van der Waals surface area contributed by atoms with Gasteiger partial charge in [-0.15, -0.1) is 0 Å². The van der Waals surface area contributed by atoms with Crippen LogP contribution in [0, 0.1) is 5.92 Å². The van der Waals surface area contributed by atoms with Crippen molar-refractivity contribution in [2.75, 3.05) is 20.6 Å². The van der Waals surface area contributed by atoms with E-state index in [9.17, 15) is 4.79 Å². The van der Waals surface area contributed by atoms with Crippen LogP contribution >= 0.6 is 23.2 Å². The zero-order valence-electron chi connectivity index (χ0n) is 13.6. The summed E-state index contributed by atoms with van der Waals surface area (Å²) in [6.45, 7) is 2.96. The number of rotatable bonds is 9. The van der Waals surface area contributed by atoms with Crippen LogP contribution < -0.4 is 0 Å². The van der Waals surface area contributed by atoms with Gasteiger partial charge in [-0.05, 0) is 44.3 Å². The standard InChI is InChI=1S/C18H25Cl2NO/c1-4-5-6-7-15(13-21(2)3)18(22)11-9-14-8-10-16(19)17(20)12-14/h8-12,15H,4-7,13H2,1-3H3/b11-9+/t15-/m1/s1. The van der Waals surface area contributed by atoms with Gasteiger partial charge in [-0.1, -0.05) is 61.5 Å². The van der Waals surface area contributed by atoms with Gasteiger partial charge in [0.1, 0.15) is 0 Å². The minimum Gasteiger partial charge on any atom is -0.309 e. The maximum Gasteiger partial charge on any atom is 0.160 e. The highest BCUT2D eigenvalue weighted by atomic mass is 35.5. The summed E-state index contributed by atoms with van der Waals surface area (Å²) in [5.41, 5.74) is 0.889. The molecule has 2 nitrogen and oxygen atoms in total. The molecule has 0 saturated heterocycles. The molecule has 1 aromatic carbocycles. The first-order valence-electron chi connectivity index (χ1n) is 7.75. The predicted molar refractivity (Wildman–Crippen MR) is 96.7 cm³/mol. The zero-order valence-corrected chi connectivity index (χ0v) is 15.1. The van der Waals surface area contributed by atoms with Crippen molar-refractivity contribution in [1.82, 2.24) is 4.90 Å². The minimum absolute atomic E-state index is 0.0561. The average molecular weight is 342 g/mol. The number of unbranched alkanes of at least 4 members (excludes halogenated alkanes) is 2. The molecule has 0 N–H and O–H groups in total. The van der Waals surface area contributed by atoms with E-state index in [2.05, 4.69) is 11.8 Å². The topological polar surface area (TPSA) is 20.3 Å². The summed E-state index contributed by atoms with van der Waals surface area (Å²) in [5, 5.41) is 1.03. The lowest BCUT2D eigenvalue weighted by Crippen LogP contribution is -2.27. The predicted octanol–water partition coefficient (Wildman–Crippen LogP) is 5.33. The van der Waals surface area contributed by atoms with Gasteiger partial charge >= 0.3 is 0 Å². The SMILES string of the molecule is CCCCC[C@H](CN(C)C)C(=O)/C=C/c1ccc(Cl)c(Cl)c1. The monoisotopic (exact) mass is 341 g/mol. The molecule has 0 aromatic heterocycles. The molecule has 1 atom stereocenters. The molecule has 0 saturated carbocycles. The van der Waals surface area contributed by atoms with Crippen molar-refractivity contribution in [2.45, 2.75) is 32.6 Å². The maximum absolute atomic E-state index is 12.4. The molecule has 4 heteroatoms. The van der Waals surface area contributed by atoms with E-state index in [0.717, 1.165) is 24.9 Å². The second-order valence-electron chi connectivity index (χ2n) is 5.86. The van der Waals surface area contributed by atoms with Crippen molar-refractivity contribution < 1.29 is 4.79 Å². The molecule has 22 heavy (non-hydrogen) atoms. The molecule has 1 rings (SSSR count). The van der Waals surface area contributed by atoms with E-state index in [0.29, 0.717) is 10.0 Å². The third-order valence-corrected chi connectivity index (χ3v) is 4.27.